The van der Waals surface area contributed by atoms with Crippen molar-refractivity contribution in [2.75, 3.05) is 36.8 Å². The molecule has 2 aliphatic heterocycles. The van der Waals surface area contributed by atoms with Crippen molar-refractivity contribution in [3.8, 4) is 11.5 Å². The molecule has 184 valence electrons. The van der Waals surface area contributed by atoms with E-state index in [0.717, 1.165) is 43.4 Å². The minimum Gasteiger partial charge on any atom is -0.372 e. The summed E-state index contributed by atoms with van der Waals surface area (Å²) in [4.78, 5) is 12.8. The standard InChI is InChI=1S/C23H27BF3N7S/c1-32-20(18-13-28-8-9-29-18)30-31-21(32)35-12-4-10-33-14-16-7-11-34(22(16,24)15-33)19-6-3-2-5-17(19)23(25,26)27/h2-3,5-6,8-9,13,16H,4,7,10-12,14-15,24H2,1H3/t16-,22+/m0/s1. The molecule has 0 N–H and O–H groups in total. The molecule has 1 aromatic carbocycles. The molecular weight excluding hydrogens is 474 g/mol. The number of aromatic nitrogens is 5. The zero-order valence-corrected chi connectivity index (χ0v) is 20.6. The molecule has 2 saturated heterocycles. The highest BCUT2D eigenvalue weighted by Gasteiger charge is 2.51. The van der Waals surface area contributed by atoms with E-state index in [1.54, 1.807) is 42.5 Å². The second-order valence-electron chi connectivity index (χ2n) is 9.40. The van der Waals surface area contributed by atoms with Gasteiger partial charge in [-0.2, -0.15) is 13.2 Å². The quantitative estimate of drug-likeness (QED) is 0.280. The number of para-hydroxylation sites is 1. The number of thioether (sulfide) groups is 1. The van der Waals surface area contributed by atoms with Gasteiger partial charge in [-0.15, -0.1) is 10.2 Å². The lowest BCUT2D eigenvalue weighted by Gasteiger charge is -2.38. The smallest absolute Gasteiger partial charge is 0.372 e. The predicted octanol–water partition coefficient (Wildman–Crippen LogP) is 2.94. The molecule has 7 nitrogen and oxygen atoms in total. The first kappa shape index (κ1) is 24.1. The van der Waals surface area contributed by atoms with E-state index in [9.17, 15) is 13.2 Å². The Balaban J connectivity index is 1.18. The lowest BCUT2D eigenvalue weighted by Crippen LogP contribution is -2.51. The summed E-state index contributed by atoms with van der Waals surface area (Å²) in [7, 11) is 4.04. The topological polar surface area (TPSA) is 63.0 Å². The van der Waals surface area contributed by atoms with E-state index in [-0.39, 0.29) is 5.44 Å². The maximum atomic E-state index is 13.7. The van der Waals surface area contributed by atoms with Crippen LogP contribution < -0.4 is 4.90 Å². The molecule has 0 unspecified atom stereocenters. The second kappa shape index (κ2) is 9.46. The Kier molecular flexibility index (Phi) is 6.52. The van der Waals surface area contributed by atoms with Gasteiger partial charge in [-0.05, 0) is 37.4 Å². The van der Waals surface area contributed by atoms with E-state index < -0.39 is 11.7 Å². The maximum absolute atomic E-state index is 13.7. The van der Waals surface area contributed by atoms with Gasteiger partial charge in [0.25, 0.3) is 0 Å². The van der Waals surface area contributed by atoms with Crippen LogP contribution in [0.5, 0.6) is 0 Å². The number of halogens is 3. The second-order valence-corrected chi connectivity index (χ2v) is 10.5. The van der Waals surface area contributed by atoms with Crippen molar-refractivity contribution in [1.82, 2.24) is 29.6 Å². The van der Waals surface area contributed by atoms with Gasteiger partial charge in [0, 0.05) is 56.0 Å². The van der Waals surface area contributed by atoms with Gasteiger partial charge in [0.05, 0.1) is 11.8 Å². The highest BCUT2D eigenvalue weighted by molar-refractivity contribution is 7.99. The summed E-state index contributed by atoms with van der Waals surface area (Å²) in [6.45, 7) is 3.27. The SMILES string of the molecule is B[C@@]12CN(CCCSc3nnc(-c4cnccn4)n3C)C[C@@H]1CCN2c1ccccc1C(F)(F)F. The van der Waals surface area contributed by atoms with Gasteiger partial charge in [-0.3, -0.25) is 4.98 Å². The zero-order valence-electron chi connectivity index (χ0n) is 19.7. The Labute approximate surface area is 207 Å². The van der Waals surface area contributed by atoms with Gasteiger partial charge in [-0.1, -0.05) is 23.9 Å². The fraction of sp³-hybridized carbons (Fsp3) is 0.478. The van der Waals surface area contributed by atoms with E-state index >= 15 is 0 Å². The number of hydrogen-bond donors (Lipinski definition) is 0. The maximum Gasteiger partial charge on any atom is 0.418 e. The van der Waals surface area contributed by atoms with E-state index in [1.807, 2.05) is 16.5 Å². The van der Waals surface area contributed by atoms with E-state index in [4.69, 9.17) is 0 Å². The molecule has 2 fully saturated rings. The van der Waals surface area contributed by atoms with Crippen LogP contribution in [-0.4, -0.2) is 74.8 Å². The number of nitrogens with zero attached hydrogens (tertiary/aromatic N) is 7. The van der Waals surface area contributed by atoms with Crippen LogP contribution in [0.3, 0.4) is 0 Å². The molecular formula is C23H27BF3N7S. The number of anilines is 1. The molecule has 2 atom stereocenters. The molecule has 0 spiro atoms. The Morgan fingerprint density at radius 2 is 2.03 bits per heavy atom. The lowest BCUT2D eigenvalue weighted by molar-refractivity contribution is -0.137. The van der Waals surface area contributed by atoms with Crippen LogP contribution in [0.1, 0.15) is 18.4 Å². The van der Waals surface area contributed by atoms with Crippen molar-refractivity contribution >= 4 is 25.3 Å². The van der Waals surface area contributed by atoms with E-state index in [1.165, 1.54) is 12.1 Å². The normalized spacial score (nSPS) is 22.6. The van der Waals surface area contributed by atoms with Crippen LogP contribution in [0, 0.1) is 5.92 Å². The fourth-order valence-electron chi connectivity index (χ4n) is 5.45. The summed E-state index contributed by atoms with van der Waals surface area (Å²) in [5.74, 6) is 1.93. The van der Waals surface area contributed by atoms with Gasteiger partial charge in [0.2, 0.25) is 0 Å². The van der Waals surface area contributed by atoms with Gasteiger partial charge < -0.3 is 14.4 Å². The molecule has 4 heterocycles. The molecule has 0 aliphatic carbocycles. The highest BCUT2D eigenvalue weighted by Crippen LogP contribution is 2.45. The van der Waals surface area contributed by atoms with Gasteiger partial charge in [0.1, 0.15) is 13.5 Å². The Morgan fingerprint density at radius 3 is 2.80 bits per heavy atom. The monoisotopic (exact) mass is 501 g/mol. The highest BCUT2D eigenvalue weighted by atomic mass is 32.2. The van der Waals surface area contributed by atoms with Gasteiger partial charge >= 0.3 is 6.18 Å². The largest absolute Gasteiger partial charge is 0.418 e. The first-order valence-corrected chi connectivity index (χ1v) is 12.7. The Bertz CT molecular complexity index is 1180. The minimum atomic E-state index is -4.35. The average Bonchev–Trinajstić information content (AvgIpc) is 3.46. The lowest BCUT2D eigenvalue weighted by atomic mass is 9.70. The number of fused-ring (bicyclic) bond motifs is 1. The summed E-state index contributed by atoms with van der Waals surface area (Å²) < 4.78 is 42.9. The van der Waals surface area contributed by atoms with Gasteiger partial charge in [-0.25, -0.2) is 4.98 Å². The van der Waals surface area contributed by atoms with Crippen LogP contribution in [0.15, 0.2) is 48.0 Å². The number of alkyl halides is 3. The first-order chi connectivity index (χ1) is 16.8. The number of rotatable bonds is 7. The molecule has 5 rings (SSSR count). The molecule has 2 aromatic heterocycles. The van der Waals surface area contributed by atoms with Crippen LogP contribution in [0.4, 0.5) is 18.9 Å². The molecule has 0 bridgehead atoms. The number of benzene rings is 1. The van der Waals surface area contributed by atoms with Crippen LogP contribution in [0.2, 0.25) is 0 Å². The van der Waals surface area contributed by atoms with Crippen molar-refractivity contribution in [2.24, 2.45) is 13.0 Å². The zero-order chi connectivity index (χ0) is 24.6. The Hall–Kier alpha value is -2.60. The minimum absolute atomic E-state index is 0.288. The summed E-state index contributed by atoms with van der Waals surface area (Å²) in [5, 5.41) is 9.36. The number of likely N-dealkylation sites (tertiary alicyclic amines) is 1. The molecule has 0 amide bonds. The van der Waals surface area contributed by atoms with Crippen molar-refractivity contribution < 1.29 is 13.2 Å². The van der Waals surface area contributed by atoms with Crippen LogP contribution >= 0.6 is 11.8 Å². The number of hydrogen-bond acceptors (Lipinski definition) is 7. The van der Waals surface area contributed by atoms with Crippen molar-refractivity contribution in [2.45, 2.75) is 29.6 Å². The fourth-order valence-corrected chi connectivity index (χ4v) is 6.28. The molecule has 0 saturated carbocycles. The molecule has 2 aliphatic rings. The van der Waals surface area contributed by atoms with Crippen molar-refractivity contribution in [3.63, 3.8) is 0 Å². The molecule has 35 heavy (non-hydrogen) atoms. The molecule has 0 radical (unpaired) electrons. The third-order valence-corrected chi connectivity index (χ3v) is 8.30. The first-order valence-electron chi connectivity index (χ1n) is 11.7. The average molecular weight is 501 g/mol. The summed E-state index contributed by atoms with van der Waals surface area (Å²) >= 11 is 1.65. The van der Waals surface area contributed by atoms with Crippen molar-refractivity contribution in [3.05, 3.63) is 48.4 Å². The summed E-state index contributed by atoms with van der Waals surface area (Å²) in [6, 6.07) is 5.98. The third-order valence-electron chi connectivity index (χ3n) is 7.20. The molecule has 3 aromatic rings. The Morgan fingerprint density at radius 1 is 1.20 bits per heavy atom. The van der Waals surface area contributed by atoms with Crippen LogP contribution in [0.25, 0.3) is 11.5 Å². The predicted molar refractivity (Wildman–Crippen MR) is 132 cm³/mol. The van der Waals surface area contributed by atoms with E-state index in [2.05, 4.69) is 32.9 Å². The molecule has 12 heteroatoms. The van der Waals surface area contributed by atoms with E-state index in [0.29, 0.717) is 29.7 Å². The van der Waals surface area contributed by atoms with Crippen LogP contribution in [-0.2, 0) is 13.2 Å². The summed E-state index contributed by atoms with van der Waals surface area (Å²) in [6.07, 6.45) is 2.44. The summed E-state index contributed by atoms with van der Waals surface area (Å²) in [5.41, 5.74) is 0.164. The van der Waals surface area contributed by atoms with Gasteiger partial charge in [0.15, 0.2) is 11.0 Å². The van der Waals surface area contributed by atoms with Crippen molar-refractivity contribution in [1.29, 1.82) is 0 Å². The third kappa shape index (κ3) is 4.65.